The molecule has 2 rings (SSSR count). The highest BCUT2D eigenvalue weighted by Gasteiger charge is 2.06. The molecule has 84 valence electrons. The van der Waals surface area contributed by atoms with Crippen LogP contribution in [0.15, 0.2) is 30.5 Å². The third-order valence-corrected chi connectivity index (χ3v) is 3.20. The maximum absolute atomic E-state index is 3.83. The molecular formula is C12H15N3S. The maximum Gasteiger partial charge on any atom is 0.130 e. The van der Waals surface area contributed by atoms with Crippen molar-refractivity contribution in [1.29, 1.82) is 0 Å². The van der Waals surface area contributed by atoms with Crippen LogP contribution in [-0.2, 0) is 6.42 Å². The maximum atomic E-state index is 3.83. The molecular weight excluding hydrogens is 218 g/mol. The summed E-state index contributed by atoms with van der Waals surface area (Å²) in [5.74, 6) is 0. The molecule has 1 aromatic heterocycles. The first-order valence-corrected chi connectivity index (χ1v) is 6.19. The van der Waals surface area contributed by atoms with Crippen molar-refractivity contribution in [3.05, 3.63) is 41.6 Å². The van der Waals surface area contributed by atoms with Gasteiger partial charge in [-0.3, -0.25) is 0 Å². The van der Waals surface area contributed by atoms with Crippen molar-refractivity contribution in [2.24, 2.45) is 0 Å². The Labute approximate surface area is 99.7 Å². The Hall–Kier alpha value is -1.42. The smallest absolute Gasteiger partial charge is 0.130 e. The standard InChI is InChI=1S/C12H15N3S/c1-3-10-4-6-11(7-5-10)9(2)14-12-8-13-15-16-12/h4-9,14H,3H2,1-2H3. The number of hydrogen-bond acceptors (Lipinski definition) is 4. The number of anilines is 1. The number of aromatic nitrogens is 2. The predicted molar refractivity (Wildman–Crippen MR) is 67.8 cm³/mol. The van der Waals surface area contributed by atoms with Gasteiger partial charge in [0.2, 0.25) is 0 Å². The molecule has 0 saturated heterocycles. The highest BCUT2D eigenvalue weighted by atomic mass is 32.1. The van der Waals surface area contributed by atoms with Crippen LogP contribution >= 0.6 is 11.5 Å². The van der Waals surface area contributed by atoms with Gasteiger partial charge in [0.25, 0.3) is 0 Å². The van der Waals surface area contributed by atoms with Gasteiger partial charge >= 0.3 is 0 Å². The molecule has 1 atom stereocenters. The van der Waals surface area contributed by atoms with Gasteiger partial charge in [-0.2, -0.15) is 0 Å². The molecule has 0 aliphatic rings. The van der Waals surface area contributed by atoms with E-state index in [1.807, 2.05) is 0 Å². The number of nitrogens with one attached hydrogen (secondary N) is 1. The van der Waals surface area contributed by atoms with Crippen molar-refractivity contribution in [2.45, 2.75) is 26.3 Å². The van der Waals surface area contributed by atoms with Crippen LogP contribution < -0.4 is 5.32 Å². The summed E-state index contributed by atoms with van der Waals surface area (Å²) in [5, 5.41) is 8.18. The summed E-state index contributed by atoms with van der Waals surface area (Å²) in [6, 6.07) is 8.99. The highest BCUT2D eigenvalue weighted by Crippen LogP contribution is 2.20. The van der Waals surface area contributed by atoms with Crippen molar-refractivity contribution >= 4 is 16.5 Å². The van der Waals surface area contributed by atoms with E-state index in [0.29, 0.717) is 0 Å². The first-order chi connectivity index (χ1) is 7.79. The molecule has 1 unspecified atom stereocenters. The summed E-state index contributed by atoms with van der Waals surface area (Å²) in [5.41, 5.74) is 2.65. The summed E-state index contributed by atoms with van der Waals surface area (Å²) >= 11 is 1.38. The molecule has 4 heteroatoms. The first kappa shape index (κ1) is 11.1. The average Bonchev–Trinajstić information content (AvgIpc) is 2.82. The van der Waals surface area contributed by atoms with Gasteiger partial charge in [0.05, 0.1) is 6.20 Å². The second-order valence-corrected chi connectivity index (χ2v) is 4.53. The molecule has 0 saturated carbocycles. The third kappa shape index (κ3) is 2.58. The Morgan fingerprint density at radius 2 is 2.06 bits per heavy atom. The van der Waals surface area contributed by atoms with Gasteiger partial charge in [-0.15, -0.1) is 5.10 Å². The summed E-state index contributed by atoms with van der Waals surface area (Å²) in [6.45, 7) is 4.31. The van der Waals surface area contributed by atoms with E-state index in [1.165, 1.54) is 22.7 Å². The van der Waals surface area contributed by atoms with Crippen LogP contribution in [0.3, 0.4) is 0 Å². The molecule has 0 aliphatic heterocycles. The predicted octanol–water partition coefficient (Wildman–Crippen LogP) is 3.27. The van der Waals surface area contributed by atoms with Gasteiger partial charge in [0, 0.05) is 17.6 Å². The van der Waals surface area contributed by atoms with E-state index in [0.717, 1.165) is 11.4 Å². The van der Waals surface area contributed by atoms with Crippen LogP contribution in [0, 0.1) is 0 Å². The van der Waals surface area contributed by atoms with Crippen molar-refractivity contribution in [3.8, 4) is 0 Å². The Morgan fingerprint density at radius 3 is 2.62 bits per heavy atom. The van der Waals surface area contributed by atoms with Crippen LogP contribution in [-0.4, -0.2) is 9.59 Å². The first-order valence-electron chi connectivity index (χ1n) is 5.42. The number of hydrogen-bond donors (Lipinski definition) is 1. The minimum atomic E-state index is 0.285. The lowest BCUT2D eigenvalue weighted by Gasteiger charge is -2.13. The van der Waals surface area contributed by atoms with Gasteiger partial charge in [0.15, 0.2) is 0 Å². The highest BCUT2D eigenvalue weighted by molar-refractivity contribution is 7.09. The van der Waals surface area contributed by atoms with Crippen molar-refractivity contribution in [3.63, 3.8) is 0 Å². The summed E-state index contributed by atoms with van der Waals surface area (Å²) in [4.78, 5) is 0. The Balaban J connectivity index is 2.05. The largest absolute Gasteiger partial charge is 0.368 e. The van der Waals surface area contributed by atoms with E-state index in [4.69, 9.17) is 0 Å². The molecule has 0 amide bonds. The molecule has 0 aliphatic carbocycles. The normalized spacial score (nSPS) is 12.4. The lowest BCUT2D eigenvalue weighted by molar-refractivity contribution is 0.886. The number of aryl methyl sites for hydroxylation is 1. The summed E-state index contributed by atoms with van der Waals surface area (Å²) in [6.07, 6.45) is 2.84. The topological polar surface area (TPSA) is 37.8 Å². The fourth-order valence-corrected chi connectivity index (χ4v) is 2.08. The molecule has 1 aromatic carbocycles. The van der Waals surface area contributed by atoms with Crippen LogP contribution in [0.4, 0.5) is 5.00 Å². The van der Waals surface area contributed by atoms with Gasteiger partial charge in [-0.05, 0) is 24.5 Å². The SMILES string of the molecule is CCc1ccc(C(C)Nc2cnns2)cc1. The minimum Gasteiger partial charge on any atom is -0.368 e. The fourth-order valence-electron chi connectivity index (χ4n) is 1.57. The van der Waals surface area contributed by atoms with Crippen molar-refractivity contribution in [2.75, 3.05) is 5.32 Å². The molecule has 2 aromatic rings. The molecule has 0 spiro atoms. The van der Waals surface area contributed by atoms with Crippen molar-refractivity contribution in [1.82, 2.24) is 9.59 Å². The molecule has 1 N–H and O–H groups in total. The van der Waals surface area contributed by atoms with Crippen LogP contribution in [0.2, 0.25) is 0 Å². The van der Waals surface area contributed by atoms with E-state index in [-0.39, 0.29) is 6.04 Å². The zero-order chi connectivity index (χ0) is 11.4. The Kier molecular flexibility index (Phi) is 3.51. The molecule has 3 nitrogen and oxygen atoms in total. The van der Waals surface area contributed by atoms with Gasteiger partial charge in [-0.25, -0.2) is 0 Å². The average molecular weight is 233 g/mol. The van der Waals surface area contributed by atoms with Gasteiger partial charge in [-0.1, -0.05) is 35.7 Å². The van der Waals surface area contributed by atoms with E-state index in [9.17, 15) is 0 Å². The molecule has 16 heavy (non-hydrogen) atoms. The van der Waals surface area contributed by atoms with E-state index >= 15 is 0 Å². The third-order valence-electron chi connectivity index (χ3n) is 2.61. The van der Waals surface area contributed by atoms with Gasteiger partial charge in [0.1, 0.15) is 5.00 Å². The zero-order valence-electron chi connectivity index (χ0n) is 9.47. The second-order valence-electron chi connectivity index (χ2n) is 3.74. The van der Waals surface area contributed by atoms with E-state index < -0.39 is 0 Å². The van der Waals surface area contributed by atoms with E-state index in [2.05, 4.69) is 53.0 Å². The molecule has 1 heterocycles. The minimum absolute atomic E-state index is 0.285. The van der Waals surface area contributed by atoms with Crippen LogP contribution in [0.5, 0.6) is 0 Å². The number of rotatable bonds is 4. The molecule has 0 radical (unpaired) electrons. The van der Waals surface area contributed by atoms with Crippen molar-refractivity contribution < 1.29 is 0 Å². The zero-order valence-corrected chi connectivity index (χ0v) is 10.3. The number of benzene rings is 1. The quantitative estimate of drug-likeness (QED) is 0.880. The molecule has 0 bridgehead atoms. The Bertz CT molecular complexity index is 422. The summed E-state index contributed by atoms with van der Waals surface area (Å²) in [7, 11) is 0. The second kappa shape index (κ2) is 5.07. The van der Waals surface area contributed by atoms with Gasteiger partial charge < -0.3 is 5.32 Å². The lowest BCUT2D eigenvalue weighted by atomic mass is 10.1. The number of nitrogens with zero attached hydrogens (tertiary/aromatic N) is 2. The molecule has 0 fully saturated rings. The Morgan fingerprint density at radius 1 is 1.31 bits per heavy atom. The van der Waals surface area contributed by atoms with Crippen LogP contribution in [0.25, 0.3) is 0 Å². The fraction of sp³-hybridized carbons (Fsp3) is 0.333. The summed E-state index contributed by atoms with van der Waals surface area (Å²) < 4.78 is 3.83. The monoisotopic (exact) mass is 233 g/mol. The van der Waals surface area contributed by atoms with Crippen LogP contribution in [0.1, 0.15) is 31.0 Å². The van der Waals surface area contributed by atoms with E-state index in [1.54, 1.807) is 6.20 Å². The lowest BCUT2D eigenvalue weighted by Crippen LogP contribution is -2.05.